The molecule has 1 aromatic heterocycles. The van der Waals surface area contributed by atoms with E-state index >= 15 is 0 Å². The van der Waals surface area contributed by atoms with Gasteiger partial charge in [0.05, 0.1) is 21.9 Å². The fourth-order valence-corrected chi connectivity index (χ4v) is 7.68. The van der Waals surface area contributed by atoms with E-state index < -0.39 is 54.3 Å². The Bertz CT molecular complexity index is 1690. The molecule has 0 aliphatic carbocycles. The standard InChI is InChI=1S/C22H22N4O8S4/c23-36(29,30)17-7-3-15(4-8-17)11-12-25(38(33,34)21-2-1-13-35-21)19-14-20(27)26(22(19)28)16-5-9-18(10-6-16)37(24,31)32/h1-10,13,19H,11-12,14H2,(H2,23,29,30)(H2,24,31,32). The summed E-state index contributed by atoms with van der Waals surface area (Å²) < 4.78 is 74.1. The van der Waals surface area contributed by atoms with Crippen LogP contribution >= 0.6 is 11.3 Å². The summed E-state index contributed by atoms with van der Waals surface area (Å²) in [6.45, 7) is -0.184. The molecule has 1 fully saturated rings. The molecule has 0 saturated carbocycles. The van der Waals surface area contributed by atoms with Gasteiger partial charge in [0, 0.05) is 6.54 Å². The summed E-state index contributed by atoms with van der Waals surface area (Å²) in [5.41, 5.74) is 0.651. The molecule has 2 aromatic carbocycles. The summed E-state index contributed by atoms with van der Waals surface area (Å²) in [5.74, 6) is -1.45. The van der Waals surface area contributed by atoms with E-state index in [1.165, 1.54) is 42.5 Å². The molecule has 4 N–H and O–H groups in total. The Morgan fingerprint density at radius 2 is 1.39 bits per heavy atom. The summed E-state index contributed by atoms with van der Waals surface area (Å²) in [5, 5.41) is 11.8. The number of carbonyl (C=O) groups excluding carboxylic acids is 2. The summed E-state index contributed by atoms with van der Waals surface area (Å²) in [6, 6.07) is 11.9. The highest BCUT2D eigenvalue weighted by atomic mass is 32.2. The van der Waals surface area contributed by atoms with E-state index in [0.29, 0.717) is 5.56 Å². The molecule has 2 amide bonds. The minimum absolute atomic E-state index is 0.0155. The van der Waals surface area contributed by atoms with Crippen LogP contribution in [-0.4, -0.2) is 54.0 Å². The zero-order valence-corrected chi connectivity index (χ0v) is 22.8. The van der Waals surface area contributed by atoms with Crippen molar-refractivity contribution in [2.45, 2.75) is 32.9 Å². The molecule has 0 bridgehead atoms. The van der Waals surface area contributed by atoms with Crippen LogP contribution in [0.4, 0.5) is 5.69 Å². The molecule has 2 heterocycles. The van der Waals surface area contributed by atoms with Crippen molar-refractivity contribution in [2.24, 2.45) is 10.3 Å². The van der Waals surface area contributed by atoms with Crippen LogP contribution in [0.2, 0.25) is 0 Å². The van der Waals surface area contributed by atoms with E-state index in [1.807, 2.05) is 0 Å². The number of benzene rings is 2. The molecule has 202 valence electrons. The Labute approximate surface area is 223 Å². The van der Waals surface area contributed by atoms with Crippen molar-refractivity contribution >= 4 is 58.9 Å². The van der Waals surface area contributed by atoms with Crippen LogP contribution in [0.25, 0.3) is 0 Å². The predicted octanol–water partition coefficient (Wildman–Crippen LogP) is 0.608. The van der Waals surface area contributed by atoms with Crippen molar-refractivity contribution < 1.29 is 34.8 Å². The molecule has 16 heteroatoms. The van der Waals surface area contributed by atoms with Crippen molar-refractivity contribution in [1.29, 1.82) is 0 Å². The quantitative estimate of drug-likeness (QED) is 0.334. The van der Waals surface area contributed by atoms with Crippen molar-refractivity contribution in [3.63, 3.8) is 0 Å². The summed E-state index contributed by atoms with van der Waals surface area (Å²) >= 11 is 0.958. The average molecular weight is 599 g/mol. The lowest BCUT2D eigenvalue weighted by Crippen LogP contribution is -2.46. The number of nitrogens with zero attached hydrogens (tertiary/aromatic N) is 2. The number of imide groups is 1. The molecule has 1 unspecified atom stereocenters. The van der Waals surface area contributed by atoms with Crippen LogP contribution in [0, 0.1) is 0 Å². The minimum Gasteiger partial charge on any atom is -0.274 e. The zero-order valence-electron chi connectivity index (χ0n) is 19.5. The van der Waals surface area contributed by atoms with Crippen molar-refractivity contribution in [1.82, 2.24) is 4.31 Å². The van der Waals surface area contributed by atoms with E-state index in [0.717, 1.165) is 32.7 Å². The molecule has 1 aliphatic rings. The maximum absolute atomic E-state index is 13.5. The first kappa shape index (κ1) is 28.0. The fraction of sp³-hybridized carbons (Fsp3) is 0.182. The number of amides is 2. The number of hydrogen-bond donors (Lipinski definition) is 2. The first-order valence-electron chi connectivity index (χ1n) is 10.9. The van der Waals surface area contributed by atoms with Crippen molar-refractivity contribution in [2.75, 3.05) is 11.4 Å². The number of rotatable bonds is 9. The SMILES string of the molecule is NS(=O)(=O)c1ccc(CCN(C2CC(=O)N(c3ccc(S(N)(=O)=O)cc3)C2=O)S(=O)(=O)c2cccs2)cc1. The fourth-order valence-electron chi connectivity index (χ4n) is 3.95. The molecule has 4 rings (SSSR count). The van der Waals surface area contributed by atoms with Gasteiger partial charge in [-0.1, -0.05) is 18.2 Å². The van der Waals surface area contributed by atoms with Crippen LogP contribution in [0.5, 0.6) is 0 Å². The molecule has 3 aromatic rings. The van der Waals surface area contributed by atoms with Crippen LogP contribution in [0.1, 0.15) is 12.0 Å². The van der Waals surface area contributed by atoms with Gasteiger partial charge >= 0.3 is 0 Å². The molecule has 1 aliphatic heterocycles. The third-order valence-corrected chi connectivity index (χ3v) is 11.0. The number of carbonyl (C=O) groups is 2. The third kappa shape index (κ3) is 5.70. The van der Waals surface area contributed by atoms with E-state index in [-0.39, 0.29) is 32.7 Å². The molecule has 1 atom stereocenters. The summed E-state index contributed by atoms with van der Waals surface area (Å²) in [7, 11) is -12.1. The van der Waals surface area contributed by atoms with Gasteiger partial charge in [0.25, 0.3) is 15.9 Å². The Kier molecular flexibility index (Phi) is 7.59. The molecular weight excluding hydrogens is 577 g/mol. The predicted molar refractivity (Wildman–Crippen MR) is 138 cm³/mol. The summed E-state index contributed by atoms with van der Waals surface area (Å²) in [4.78, 5) is 26.8. The lowest BCUT2D eigenvalue weighted by molar-refractivity contribution is -0.122. The van der Waals surface area contributed by atoms with Crippen LogP contribution in [0.15, 0.2) is 80.0 Å². The molecule has 0 spiro atoms. The van der Waals surface area contributed by atoms with Crippen LogP contribution < -0.4 is 15.2 Å². The monoisotopic (exact) mass is 598 g/mol. The van der Waals surface area contributed by atoms with Gasteiger partial charge in [0.1, 0.15) is 10.3 Å². The Morgan fingerprint density at radius 3 is 1.89 bits per heavy atom. The second kappa shape index (κ2) is 10.3. The number of primary sulfonamides is 2. The van der Waals surface area contributed by atoms with E-state index in [1.54, 1.807) is 11.4 Å². The first-order chi connectivity index (χ1) is 17.7. The van der Waals surface area contributed by atoms with Crippen molar-refractivity contribution in [3.8, 4) is 0 Å². The highest BCUT2D eigenvalue weighted by molar-refractivity contribution is 7.91. The maximum atomic E-state index is 13.5. The summed E-state index contributed by atoms with van der Waals surface area (Å²) in [6.07, 6.45) is -0.318. The number of sulfonamides is 3. The van der Waals surface area contributed by atoms with Gasteiger partial charge in [-0.2, -0.15) is 4.31 Å². The van der Waals surface area contributed by atoms with Gasteiger partial charge in [-0.25, -0.2) is 40.4 Å². The molecule has 38 heavy (non-hydrogen) atoms. The van der Waals surface area contributed by atoms with Gasteiger partial charge in [-0.3, -0.25) is 9.59 Å². The Balaban J connectivity index is 1.64. The maximum Gasteiger partial charge on any atom is 0.253 e. The van der Waals surface area contributed by atoms with Crippen LogP contribution in [0.3, 0.4) is 0 Å². The molecule has 0 radical (unpaired) electrons. The Morgan fingerprint density at radius 1 is 0.842 bits per heavy atom. The van der Waals surface area contributed by atoms with Gasteiger partial charge in [0.2, 0.25) is 26.0 Å². The smallest absolute Gasteiger partial charge is 0.253 e. The van der Waals surface area contributed by atoms with Gasteiger partial charge < -0.3 is 0 Å². The highest BCUT2D eigenvalue weighted by Gasteiger charge is 2.47. The lowest BCUT2D eigenvalue weighted by Gasteiger charge is -2.26. The van der Waals surface area contributed by atoms with Crippen molar-refractivity contribution in [3.05, 3.63) is 71.6 Å². The largest absolute Gasteiger partial charge is 0.274 e. The van der Waals surface area contributed by atoms with E-state index in [4.69, 9.17) is 10.3 Å². The topological polar surface area (TPSA) is 195 Å². The zero-order chi connectivity index (χ0) is 27.9. The van der Waals surface area contributed by atoms with Gasteiger partial charge in [-0.05, 0) is 59.8 Å². The van der Waals surface area contributed by atoms with E-state index in [2.05, 4.69) is 0 Å². The molecule has 12 nitrogen and oxygen atoms in total. The second-order valence-corrected chi connectivity index (χ2v) is 14.5. The Hall–Kier alpha value is -2.99. The van der Waals surface area contributed by atoms with Gasteiger partial charge in [0.15, 0.2) is 0 Å². The highest BCUT2D eigenvalue weighted by Crippen LogP contribution is 2.31. The molecular formula is C22H22N4O8S4. The van der Waals surface area contributed by atoms with E-state index in [9.17, 15) is 34.8 Å². The number of hydrogen-bond acceptors (Lipinski definition) is 9. The number of nitrogens with two attached hydrogens (primary N) is 2. The van der Waals surface area contributed by atoms with Gasteiger partial charge in [-0.15, -0.1) is 11.3 Å². The van der Waals surface area contributed by atoms with Crippen LogP contribution in [-0.2, 0) is 46.1 Å². The lowest BCUT2D eigenvalue weighted by atomic mass is 10.1. The third-order valence-electron chi connectivity index (χ3n) is 5.82. The molecule has 1 saturated heterocycles. The first-order valence-corrected chi connectivity index (χ1v) is 16.3. The number of anilines is 1. The normalized spacial score (nSPS) is 16.9. The average Bonchev–Trinajstić information content (AvgIpc) is 3.48. The second-order valence-electron chi connectivity index (χ2n) is 8.31. The minimum atomic E-state index is -4.19. The number of thiophene rings is 1.